The minimum absolute atomic E-state index is 0.0983. The number of fused-ring (bicyclic) bond motifs is 1. The van der Waals surface area contributed by atoms with Crippen molar-refractivity contribution in [1.29, 1.82) is 0 Å². The Morgan fingerprint density at radius 1 is 1.18 bits per heavy atom. The van der Waals surface area contributed by atoms with Gasteiger partial charge in [-0.3, -0.25) is 14.5 Å². The Balaban J connectivity index is 1.25. The molecule has 0 bridgehead atoms. The normalized spacial score (nSPS) is 19.9. The summed E-state index contributed by atoms with van der Waals surface area (Å²) >= 11 is 0. The number of nitrogens with one attached hydrogen (secondary N) is 2. The lowest BCUT2D eigenvalue weighted by Crippen LogP contribution is -2.43. The third kappa shape index (κ3) is 5.90. The van der Waals surface area contributed by atoms with E-state index in [0.29, 0.717) is 25.5 Å². The van der Waals surface area contributed by atoms with E-state index in [1.54, 1.807) is 13.0 Å². The van der Waals surface area contributed by atoms with Gasteiger partial charge in [-0.05, 0) is 37.3 Å². The Kier molecular flexibility index (Phi) is 7.74. The number of carbonyl (C=O) groups excluding carboxylic acids is 2. The zero-order chi connectivity index (χ0) is 24.1. The van der Waals surface area contributed by atoms with E-state index in [4.69, 9.17) is 0 Å². The van der Waals surface area contributed by atoms with Crippen molar-refractivity contribution in [1.82, 2.24) is 25.1 Å². The van der Waals surface area contributed by atoms with E-state index in [0.717, 1.165) is 25.8 Å². The van der Waals surface area contributed by atoms with Gasteiger partial charge in [0.2, 0.25) is 5.91 Å². The Morgan fingerprint density at radius 3 is 2.71 bits per heavy atom. The molecular weight excluding hydrogens is 432 g/mol. The van der Waals surface area contributed by atoms with Gasteiger partial charge in [0.15, 0.2) is 0 Å². The number of amides is 2. The van der Waals surface area contributed by atoms with Gasteiger partial charge >= 0.3 is 0 Å². The predicted octanol–water partition coefficient (Wildman–Crippen LogP) is 1.61. The fourth-order valence-corrected chi connectivity index (χ4v) is 4.82. The standard InChI is InChI=1S/C25H34N6O3/c1-17-22-6-4-3-5-19(22)7-10-31(17)15-21(33)14-26-25(34)23-13-24(28-16-27-23)29-20-8-11-30(12-9-20)18(2)32/h3-6,13,16-17,20-21,33H,7-12,14-15H2,1-2H3,(H,26,34)(H,27,28,29)/t17?,21-/m0/s1. The van der Waals surface area contributed by atoms with Crippen LogP contribution in [0.4, 0.5) is 5.82 Å². The average Bonchev–Trinajstić information content (AvgIpc) is 2.85. The molecule has 4 rings (SSSR count). The molecule has 1 fully saturated rings. The van der Waals surface area contributed by atoms with Crippen molar-refractivity contribution < 1.29 is 14.7 Å². The monoisotopic (exact) mass is 466 g/mol. The first-order chi connectivity index (χ1) is 16.4. The van der Waals surface area contributed by atoms with Gasteiger partial charge in [0.05, 0.1) is 6.10 Å². The number of hydrogen-bond acceptors (Lipinski definition) is 7. The molecule has 2 aliphatic rings. The van der Waals surface area contributed by atoms with Crippen LogP contribution in [0.5, 0.6) is 0 Å². The minimum Gasteiger partial charge on any atom is -0.390 e. The number of likely N-dealkylation sites (tertiary alicyclic amines) is 1. The molecular formula is C25H34N6O3. The molecule has 2 aromatic rings. The number of aromatic nitrogens is 2. The Hall–Kier alpha value is -3.04. The van der Waals surface area contributed by atoms with Crippen molar-refractivity contribution in [2.75, 3.05) is 38.0 Å². The summed E-state index contributed by atoms with van der Waals surface area (Å²) in [5, 5.41) is 16.7. The molecule has 3 heterocycles. The van der Waals surface area contributed by atoms with Crippen molar-refractivity contribution in [3.8, 4) is 0 Å². The van der Waals surface area contributed by atoms with Crippen LogP contribution in [0.15, 0.2) is 36.7 Å². The third-order valence-electron chi connectivity index (χ3n) is 6.86. The number of nitrogens with zero attached hydrogens (tertiary/aromatic N) is 4. The van der Waals surface area contributed by atoms with Gasteiger partial charge in [-0.1, -0.05) is 24.3 Å². The number of aliphatic hydroxyl groups is 1. The van der Waals surface area contributed by atoms with Gasteiger partial charge in [0.25, 0.3) is 5.91 Å². The number of β-amino-alcohol motifs (C(OH)–C–C–N with tert-alkyl or cyclic N) is 1. The van der Waals surface area contributed by atoms with Crippen LogP contribution >= 0.6 is 0 Å². The summed E-state index contributed by atoms with van der Waals surface area (Å²) in [5.41, 5.74) is 2.93. The molecule has 3 N–H and O–H groups in total. The first-order valence-electron chi connectivity index (χ1n) is 12.0. The quantitative estimate of drug-likeness (QED) is 0.569. The van der Waals surface area contributed by atoms with Crippen molar-refractivity contribution >= 4 is 17.6 Å². The van der Waals surface area contributed by atoms with Crippen LogP contribution in [0.25, 0.3) is 0 Å². The Morgan fingerprint density at radius 2 is 1.94 bits per heavy atom. The van der Waals surface area contributed by atoms with Crippen molar-refractivity contribution in [3.05, 3.63) is 53.5 Å². The molecule has 2 amide bonds. The van der Waals surface area contributed by atoms with E-state index in [1.807, 2.05) is 4.90 Å². The molecule has 9 heteroatoms. The van der Waals surface area contributed by atoms with Crippen molar-refractivity contribution in [2.24, 2.45) is 0 Å². The predicted molar refractivity (Wildman–Crippen MR) is 129 cm³/mol. The number of rotatable bonds is 7. The fourth-order valence-electron chi connectivity index (χ4n) is 4.82. The highest BCUT2D eigenvalue weighted by atomic mass is 16.3. The van der Waals surface area contributed by atoms with E-state index in [1.165, 1.54) is 17.5 Å². The number of aliphatic hydroxyl groups excluding tert-OH is 1. The molecule has 34 heavy (non-hydrogen) atoms. The summed E-state index contributed by atoms with van der Waals surface area (Å²) in [6.07, 6.45) is 3.31. The zero-order valence-electron chi connectivity index (χ0n) is 19.9. The molecule has 1 saturated heterocycles. The third-order valence-corrected chi connectivity index (χ3v) is 6.86. The maximum Gasteiger partial charge on any atom is 0.270 e. The van der Waals surface area contributed by atoms with E-state index >= 15 is 0 Å². The van der Waals surface area contributed by atoms with E-state index in [9.17, 15) is 14.7 Å². The second-order valence-electron chi connectivity index (χ2n) is 9.20. The van der Waals surface area contributed by atoms with E-state index in [-0.39, 0.29) is 36.1 Å². The molecule has 0 spiro atoms. The largest absolute Gasteiger partial charge is 0.390 e. The molecule has 2 aliphatic heterocycles. The Labute approximate surface area is 200 Å². The summed E-state index contributed by atoms with van der Waals surface area (Å²) in [5.74, 6) is 0.344. The highest BCUT2D eigenvalue weighted by Gasteiger charge is 2.25. The molecule has 2 atom stereocenters. The van der Waals surface area contributed by atoms with E-state index < -0.39 is 6.10 Å². The number of benzene rings is 1. The molecule has 0 saturated carbocycles. The lowest BCUT2D eigenvalue weighted by molar-refractivity contribution is -0.129. The van der Waals surface area contributed by atoms with Crippen molar-refractivity contribution in [3.63, 3.8) is 0 Å². The summed E-state index contributed by atoms with van der Waals surface area (Å²) in [4.78, 5) is 36.5. The molecule has 1 unspecified atom stereocenters. The topological polar surface area (TPSA) is 111 Å². The van der Waals surface area contributed by atoms with Crippen molar-refractivity contribution in [2.45, 2.75) is 51.3 Å². The molecule has 1 aromatic carbocycles. The van der Waals surface area contributed by atoms with E-state index in [2.05, 4.69) is 56.7 Å². The summed E-state index contributed by atoms with van der Waals surface area (Å²) in [6, 6.07) is 10.5. The Bertz CT molecular complexity index is 1010. The zero-order valence-corrected chi connectivity index (χ0v) is 19.9. The number of anilines is 1. The minimum atomic E-state index is -0.678. The van der Waals surface area contributed by atoms with Crippen LogP contribution in [0.2, 0.25) is 0 Å². The second-order valence-corrected chi connectivity index (χ2v) is 9.20. The summed E-state index contributed by atoms with van der Waals surface area (Å²) < 4.78 is 0. The van der Waals surface area contributed by atoms with Crippen LogP contribution in [0.1, 0.15) is 54.3 Å². The lowest BCUT2D eigenvalue weighted by atomic mass is 9.93. The van der Waals surface area contributed by atoms with Crippen LogP contribution in [-0.2, 0) is 11.2 Å². The molecule has 0 radical (unpaired) electrons. The second kappa shape index (κ2) is 10.9. The van der Waals surface area contributed by atoms with Gasteiger partial charge in [0.1, 0.15) is 17.8 Å². The highest BCUT2D eigenvalue weighted by Crippen LogP contribution is 2.29. The van der Waals surface area contributed by atoms with Gasteiger partial charge in [0, 0.05) is 57.8 Å². The summed E-state index contributed by atoms with van der Waals surface area (Å²) in [6.45, 7) is 6.70. The van der Waals surface area contributed by atoms with Crippen LogP contribution in [-0.4, -0.2) is 81.6 Å². The maximum absolute atomic E-state index is 12.6. The lowest BCUT2D eigenvalue weighted by Gasteiger charge is -2.36. The SMILES string of the molecule is CC(=O)N1CCC(Nc2cc(C(=O)NC[C@H](O)CN3CCc4ccccc4C3C)ncn2)CC1. The number of carbonyl (C=O) groups is 2. The fraction of sp³-hybridized carbons (Fsp3) is 0.520. The molecule has 182 valence electrons. The smallest absolute Gasteiger partial charge is 0.270 e. The first-order valence-corrected chi connectivity index (χ1v) is 12.0. The number of piperidine rings is 1. The van der Waals surface area contributed by atoms with Gasteiger partial charge in [-0.25, -0.2) is 9.97 Å². The molecule has 0 aliphatic carbocycles. The molecule has 1 aromatic heterocycles. The van der Waals surface area contributed by atoms with Gasteiger partial charge < -0.3 is 20.6 Å². The average molecular weight is 467 g/mol. The van der Waals surface area contributed by atoms with Crippen LogP contribution in [0, 0.1) is 0 Å². The van der Waals surface area contributed by atoms with Crippen LogP contribution < -0.4 is 10.6 Å². The van der Waals surface area contributed by atoms with Gasteiger partial charge in [-0.2, -0.15) is 0 Å². The number of hydrogen-bond donors (Lipinski definition) is 3. The first kappa shape index (κ1) is 24.1. The highest BCUT2D eigenvalue weighted by molar-refractivity contribution is 5.92. The summed E-state index contributed by atoms with van der Waals surface area (Å²) in [7, 11) is 0. The van der Waals surface area contributed by atoms with Gasteiger partial charge in [-0.15, -0.1) is 0 Å². The molecule has 9 nitrogen and oxygen atoms in total. The maximum atomic E-state index is 12.6. The van der Waals surface area contributed by atoms with Crippen LogP contribution in [0.3, 0.4) is 0 Å².